The van der Waals surface area contributed by atoms with Crippen LogP contribution >= 0.6 is 0 Å². The fourth-order valence-electron chi connectivity index (χ4n) is 5.52. The van der Waals surface area contributed by atoms with Gasteiger partial charge in [-0.2, -0.15) is 0 Å². The van der Waals surface area contributed by atoms with Crippen molar-refractivity contribution >= 4 is 0 Å². The van der Waals surface area contributed by atoms with Gasteiger partial charge in [-0.25, -0.2) is 0 Å². The minimum Gasteiger partial charge on any atom is -0.0844 e. The average molecular weight is 525 g/mol. The fourth-order valence-corrected chi connectivity index (χ4v) is 5.52. The normalized spacial score (nSPS) is 21.6. The summed E-state index contributed by atoms with van der Waals surface area (Å²) in [6.45, 7) is 28.3. The van der Waals surface area contributed by atoms with Crippen LogP contribution in [0.1, 0.15) is 191 Å². The van der Waals surface area contributed by atoms with Crippen molar-refractivity contribution in [3.05, 3.63) is 34.9 Å². The summed E-state index contributed by atoms with van der Waals surface area (Å²) in [5, 5.41) is 0. The minimum absolute atomic E-state index is 0. The third kappa shape index (κ3) is 18.2. The van der Waals surface area contributed by atoms with Crippen molar-refractivity contribution in [1.29, 1.82) is 0 Å². The Morgan fingerprint density at radius 3 is 2.03 bits per heavy atom. The maximum atomic E-state index is 2.60. The van der Waals surface area contributed by atoms with Gasteiger partial charge in [-0.1, -0.05) is 170 Å². The standard InChI is InChI=1S/C25H42.C6H14.3C2H6.3H2/c1-6-11-21(7-2)18-22-16-17-25(5)23(13-9-8-12-20(3)4)14-10-15-24(25)19-22;1-3-5-6-4-2;3*1-2;;;/h11,15,18,20,23H,6-10,12-14,16-17,19H2,1-5H3;3-6H2,1-2H3;3*1-2H3;3*1H/b21-11-,22-18-;;;;;;;/t23-,25+;;;;;;;/m0......./s1. The quantitative estimate of drug-likeness (QED) is 0.186. The highest BCUT2D eigenvalue weighted by Gasteiger charge is 2.41. The summed E-state index contributed by atoms with van der Waals surface area (Å²) in [4.78, 5) is 0. The fraction of sp³-hybridized carbons (Fsp3) is 0.838. The second-order valence-corrected chi connectivity index (χ2v) is 10.8. The highest BCUT2D eigenvalue weighted by molar-refractivity contribution is 5.33. The second kappa shape index (κ2) is 28.2. The Balaban J connectivity index is -0.000000167. The molecule has 0 heteroatoms. The lowest BCUT2D eigenvalue weighted by Gasteiger charge is -2.47. The van der Waals surface area contributed by atoms with Crippen LogP contribution in [0.3, 0.4) is 0 Å². The van der Waals surface area contributed by atoms with Crippen LogP contribution in [0.25, 0.3) is 0 Å². The molecule has 2 aliphatic rings. The molecule has 0 N–H and O–H groups in total. The zero-order valence-electron chi connectivity index (χ0n) is 28.5. The van der Waals surface area contributed by atoms with Gasteiger partial charge in [0, 0.05) is 4.28 Å². The van der Waals surface area contributed by atoms with E-state index < -0.39 is 0 Å². The van der Waals surface area contributed by atoms with Gasteiger partial charge in [0.2, 0.25) is 0 Å². The molecule has 0 nitrogen and oxygen atoms in total. The first-order chi connectivity index (χ1) is 17.9. The lowest BCUT2D eigenvalue weighted by Crippen LogP contribution is -2.35. The van der Waals surface area contributed by atoms with Crippen LogP contribution in [-0.2, 0) is 0 Å². The summed E-state index contributed by atoms with van der Waals surface area (Å²) in [7, 11) is 0. The van der Waals surface area contributed by atoms with E-state index in [4.69, 9.17) is 0 Å². The Labute approximate surface area is 242 Å². The van der Waals surface area contributed by atoms with Crippen molar-refractivity contribution in [3.63, 3.8) is 0 Å². The van der Waals surface area contributed by atoms with Gasteiger partial charge in [-0.05, 0) is 68.6 Å². The van der Waals surface area contributed by atoms with Gasteiger partial charge in [0.05, 0.1) is 0 Å². The van der Waals surface area contributed by atoms with Gasteiger partial charge in [0.25, 0.3) is 0 Å². The molecule has 0 radical (unpaired) electrons. The Hall–Kier alpha value is -0.780. The van der Waals surface area contributed by atoms with E-state index in [-0.39, 0.29) is 4.28 Å². The summed E-state index contributed by atoms with van der Waals surface area (Å²) in [5.41, 5.74) is 5.50. The Morgan fingerprint density at radius 1 is 0.946 bits per heavy atom. The maximum absolute atomic E-state index is 2.60. The van der Waals surface area contributed by atoms with E-state index in [2.05, 4.69) is 66.7 Å². The molecule has 0 spiro atoms. The van der Waals surface area contributed by atoms with Gasteiger partial charge in [-0.3, -0.25) is 0 Å². The van der Waals surface area contributed by atoms with Gasteiger partial charge < -0.3 is 0 Å². The van der Waals surface area contributed by atoms with Crippen LogP contribution in [0.4, 0.5) is 0 Å². The van der Waals surface area contributed by atoms with E-state index in [1.165, 1.54) is 89.9 Å². The molecule has 228 valence electrons. The SMILES string of the molecule is CC.CC.CC.CC/C=C(\C=C1\CC[C@@]2(C)C(=CCC[C@@H]2CCCCC(C)C)C1)CC.CCCCCC.[HH].[HH].[HH]. The van der Waals surface area contributed by atoms with Crippen molar-refractivity contribution in [2.24, 2.45) is 17.3 Å². The van der Waals surface area contributed by atoms with Gasteiger partial charge >= 0.3 is 0 Å². The molecule has 2 atom stereocenters. The number of unbranched alkanes of at least 4 members (excludes halogenated alkanes) is 4. The van der Waals surface area contributed by atoms with Crippen LogP contribution in [-0.4, -0.2) is 0 Å². The van der Waals surface area contributed by atoms with Crippen molar-refractivity contribution in [2.45, 2.75) is 186 Å². The molecule has 1 saturated carbocycles. The lowest BCUT2D eigenvalue weighted by atomic mass is 9.58. The monoisotopic (exact) mass is 525 g/mol. The third-order valence-electron chi connectivity index (χ3n) is 7.73. The average Bonchev–Trinajstić information content (AvgIpc) is 2.93. The largest absolute Gasteiger partial charge is 0.0844 e. The van der Waals surface area contributed by atoms with Gasteiger partial charge in [0.15, 0.2) is 0 Å². The van der Waals surface area contributed by atoms with E-state index >= 15 is 0 Å². The van der Waals surface area contributed by atoms with Crippen molar-refractivity contribution in [3.8, 4) is 0 Å². The van der Waals surface area contributed by atoms with E-state index in [1.807, 2.05) is 41.5 Å². The summed E-state index contributed by atoms with van der Waals surface area (Å²) >= 11 is 0. The summed E-state index contributed by atoms with van der Waals surface area (Å²) in [6.07, 6.45) is 27.8. The van der Waals surface area contributed by atoms with E-state index in [1.54, 1.807) is 16.7 Å². The molecule has 0 aromatic heterocycles. The highest BCUT2D eigenvalue weighted by atomic mass is 14.5. The zero-order chi connectivity index (χ0) is 29.1. The summed E-state index contributed by atoms with van der Waals surface area (Å²) < 4.78 is 0. The van der Waals surface area contributed by atoms with E-state index in [0.29, 0.717) is 5.41 Å². The molecule has 0 saturated heterocycles. The smallest absolute Gasteiger partial charge is 0 e. The second-order valence-electron chi connectivity index (χ2n) is 10.8. The first-order valence-electron chi connectivity index (χ1n) is 17.0. The number of allylic oxidation sites excluding steroid dienone is 6. The Kier molecular flexibility index (Phi) is 31.1. The van der Waals surface area contributed by atoms with Gasteiger partial charge in [-0.15, -0.1) is 0 Å². The Bertz CT molecular complexity index is 570. The van der Waals surface area contributed by atoms with E-state index in [0.717, 1.165) is 18.3 Å². The van der Waals surface area contributed by atoms with Crippen LogP contribution in [0.15, 0.2) is 34.9 Å². The van der Waals surface area contributed by atoms with Crippen LogP contribution in [0.5, 0.6) is 0 Å². The first kappa shape index (κ1) is 40.7. The molecule has 0 aliphatic heterocycles. The third-order valence-corrected chi connectivity index (χ3v) is 7.73. The molecule has 1 fully saturated rings. The van der Waals surface area contributed by atoms with Crippen LogP contribution < -0.4 is 0 Å². The molecule has 37 heavy (non-hydrogen) atoms. The molecule has 0 aromatic rings. The zero-order valence-corrected chi connectivity index (χ0v) is 28.5. The Morgan fingerprint density at radius 2 is 1.54 bits per heavy atom. The molecule has 0 heterocycles. The van der Waals surface area contributed by atoms with Crippen molar-refractivity contribution < 1.29 is 4.28 Å². The van der Waals surface area contributed by atoms with E-state index in [9.17, 15) is 0 Å². The lowest BCUT2D eigenvalue weighted by molar-refractivity contribution is 0.162. The summed E-state index contributed by atoms with van der Waals surface area (Å²) in [6, 6.07) is 0. The van der Waals surface area contributed by atoms with Crippen LogP contribution in [0.2, 0.25) is 0 Å². The number of rotatable bonds is 11. The maximum Gasteiger partial charge on any atom is 0 e. The molecule has 2 rings (SSSR count). The molecular formula is C37H80. The predicted octanol–water partition coefficient (Wildman–Crippen LogP) is 14.8. The molecule has 0 bridgehead atoms. The number of hydrogen-bond acceptors (Lipinski definition) is 0. The molecule has 0 aromatic carbocycles. The van der Waals surface area contributed by atoms with Gasteiger partial charge in [0.1, 0.15) is 0 Å². The molecule has 2 aliphatic carbocycles. The van der Waals surface area contributed by atoms with Crippen LogP contribution in [0, 0.1) is 17.3 Å². The topological polar surface area (TPSA) is 0 Å². The molecule has 0 unspecified atom stereocenters. The highest BCUT2D eigenvalue weighted by Crippen LogP contribution is 2.53. The predicted molar refractivity (Wildman–Crippen MR) is 183 cm³/mol. The summed E-state index contributed by atoms with van der Waals surface area (Å²) in [5.74, 6) is 1.79. The number of fused-ring (bicyclic) bond motifs is 1. The first-order valence-corrected chi connectivity index (χ1v) is 17.0. The van der Waals surface area contributed by atoms with Crippen molar-refractivity contribution in [1.82, 2.24) is 0 Å². The molecular weight excluding hydrogens is 444 g/mol. The number of hydrogen-bond donors (Lipinski definition) is 0. The molecule has 0 amide bonds. The van der Waals surface area contributed by atoms with Crippen molar-refractivity contribution in [2.75, 3.05) is 0 Å². The minimum atomic E-state index is 0.